The first kappa shape index (κ1) is 16.4. The van der Waals surface area contributed by atoms with Gasteiger partial charge in [0.15, 0.2) is 5.13 Å². The number of aryl methyl sites for hydroxylation is 1. The van der Waals surface area contributed by atoms with Gasteiger partial charge in [-0.1, -0.05) is 18.2 Å². The quantitative estimate of drug-likeness (QED) is 0.933. The first-order chi connectivity index (χ1) is 11.1. The van der Waals surface area contributed by atoms with E-state index in [1.54, 1.807) is 29.5 Å². The van der Waals surface area contributed by atoms with E-state index in [9.17, 15) is 9.50 Å². The number of hydrogen-bond donors (Lipinski definition) is 1. The molecule has 1 N–H and O–H groups in total. The molecule has 1 aliphatic rings. The van der Waals surface area contributed by atoms with E-state index in [0.29, 0.717) is 12.1 Å². The average molecular weight is 335 g/mol. The molecule has 1 saturated heterocycles. The maximum Gasteiger partial charge on any atom is 0.185 e. The van der Waals surface area contributed by atoms with E-state index in [1.165, 1.54) is 6.07 Å². The fourth-order valence-electron chi connectivity index (χ4n) is 2.92. The lowest BCUT2D eigenvalue weighted by Crippen LogP contribution is -2.33. The van der Waals surface area contributed by atoms with E-state index in [0.717, 1.165) is 43.4 Å². The van der Waals surface area contributed by atoms with Crippen molar-refractivity contribution >= 4 is 16.5 Å². The summed E-state index contributed by atoms with van der Waals surface area (Å²) in [4.78, 5) is 9.05. The van der Waals surface area contributed by atoms with Crippen LogP contribution in [0.25, 0.3) is 0 Å². The molecule has 2 heterocycles. The SMILES string of the molecule is Cc1csc(N2CCCN(C[C@H](O)c3ccccc3F)CC2)n1. The second-order valence-electron chi connectivity index (χ2n) is 5.95. The van der Waals surface area contributed by atoms with Crippen molar-refractivity contribution in [2.24, 2.45) is 0 Å². The van der Waals surface area contributed by atoms with Crippen molar-refractivity contribution in [2.45, 2.75) is 19.4 Å². The summed E-state index contributed by atoms with van der Waals surface area (Å²) in [5.41, 5.74) is 1.44. The van der Waals surface area contributed by atoms with Crippen LogP contribution < -0.4 is 4.90 Å². The highest BCUT2D eigenvalue weighted by atomic mass is 32.1. The van der Waals surface area contributed by atoms with Crippen LogP contribution in [0.4, 0.5) is 9.52 Å². The zero-order valence-corrected chi connectivity index (χ0v) is 14.1. The number of halogens is 1. The Labute approximate surface area is 140 Å². The van der Waals surface area contributed by atoms with Crippen molar-refractivity contribution in [3.05, 3.63) is 46.7 Å². The second kappa shape index (κ2) is 7.38. The van der Waals surface area contributed by atoms with E-state index in [1.807, 2.05) is 6.92 Å². The number of hydrogen-bond acceptors (Lipinski definition) is 5. The summed E-state index contributed by atoms with van der Waals surface area (Å²) in [6.45, 7) is 6.09. The summed E-state index contributed by atoms with van der Waals surface area (Å²) in [5.74, 6) is -0.338. The molecule has 0 saturated carbocycles. The van der Waals surface area contributed by atoms with Gasteiger partial charge < -0.3 is 10.0 Å². The normalized spacial score (nSPS) is 18.0. The smallest absolute Gasteiger partial charge is 0.185 e. The molecule has 1 atom stereocenters. The monoisotopic (exact) mass is 335 g/mol. The summed E-state index contributed by atoms with van der Waals surface area (Å²) in [6.07, 6.45) is 0.229. The third-order valence-corrected chi connectivity index (χ3v) is 5.18. The van der Waals surface area contributed by atoms with Crippen LogP contribution in [-0.4, -0.2) is 47.7 Å². The first-order valence-corrected chi connectivity index (χ1v) is 8.83. The van der Waals surface area contributed by atoms with Crippen LogP contribution >= 0.6 is 11.3 Å². The molecule has 0 aliphatic carbocycles. The Morgan fingerprint density at radius 1 is 1.26 bits per heavy atom. The minimum Gasteiger partial charge on any atom is -0.387 e. The molecule has 0 unspecified atom stereocenters. The molecule has 0 amide bonds. The van der Waals surface area contributed by atoms with Gasteiger partial charge in [0.25, 0.3) is 0 Å². The Bertz CT molecular complexity index is 648. The molecule has 1 aromatic carbocycles. The summed E-state index contributed by atoms with van der Waals surface area (Å²) in [6, 6.07) is 6.46. The van der Waals surface area contributed by atoms with Crippen LogP contribution in [0, 0.1) is 12.7 Å². The van der Waals surface area contributed by atoms with Crippen LogP contribution in [0.3, 0.4) is 0 Å². The Balaban J connectivity index is 1.59. The Morgan fingerprint density at radius 2 is 2.09 bits per heavy atom. The highest BCUT2D eigenvalue weighted by Crippen LogP contribution is 2.23. The van der Waals surface area contributed by atoms with Gasteiger partial charge in [-0.2, -0.15) is 0 Å². The average Bonchev–Trinajstić information content (AvgIpc) is 2.83. The molecule has 4 nitrogen and oxygen atoms in total. The van der Waals surface area contributed by atoms with E-state index in [4.69, 9.17) is 0 Å². The third-order valence-electron chi connectivity index (χ3n) is 4.16. The van der Waals surface area contributed by atoms with Crippen molar-refractivity contribution < 1.29 is 9.50 Å². The molecule has 0 spiro atoms. The maximum atomic E-state index is 13.8. The predicted molar refractivity (Wildman–Crippen MR) is 91.5 cm³/mol. The molecule has 124 valence electrons. The highest BCUT2D eigenvalue weighted by molar-refractivity contribution is 7.13. The Kier molecular flexibility index (Phi) is 5.25. The molecule has 0 radical (unpaired) electrons. The van der Waals surface area contributed by atoms with Gasteiger partial charge in [-0.05, 0) is 19.4 Å². The van der Waals surface area contributed by atoms with E-state index < -0.39 is 6.10 Å². The van der Waals surface area contributed by atoms with Crippen LogP contribution in [0.2, 0.25) is 0 Å². The zero-order chi connectivity index (χ0) is 16.2. The second-order valence-corrected chi connectivity index (χ2v) is 6.79. The number of rotatable bonds is 4. The topological polar surface area (TPSA) is 39.6 Å². The minimum atomic E-state index is -0.787. The molecule has 23 heavy (non-hydrogen) atoms. The fraction of sp³-hybridized carbons (Fsp3) is 0.471. The van der Waals surface area contributed by atoms with Gasteiger partial charge in [0.1, 0.15) is 5.82 Å². The van der Waals surface area contributed by atoms with E-state index >= 15 is 0 Å². The fourth-order valence-corrected chi connectivity index (χ4v) is 3.78. The van der Waals surface area contributed by atoms with Gasteiger partial charge in [0.05, 0.1) is 11.8 Å². The third kappa shape index (κ3) is 4.07. The van der Waals surface area contributed by atoms with Gasteiger partial charge in [-0.25, -0.2) is 9.37 Å². The number of β-amino-alcohol motifs (C(OH)–C–C–N with tert-alkyl or cyclic N) is 1. The van der Waals surface area contributed by atoms with Gasteiger partial charge in [-0.3, -0.25) is 4.90 Å². The number of nitrogens with zero attached hydrogens (tertiary/aromatic N) is 3. The molecule has 2 aromatic rings. The first-order valence-electron chi connectivity index (χ1n) is 7.95. The lowest BCUT2D eigenvalue weighted by Gasteiger charge is -2.24. The van der Waals surface area contributed by atoms with Gasteiger partial charge >= 0.3 is 0 Å². The van der Waals surface area contributed by atoms with Crippen LogP contribution in [-0.2, 0) is 0 Å². The lowest BCUT2D eigenvalue weighted by atomic mass is 10.1. The number of aliphatic hydroxyl groups is 1. The molecule has 1 aliphatic heterocycles. The van der Waals surface area contributed by atoms with Gasteiger partial charge in [0, 0.05) is 43.7 Å². The summed E-state index contributed by atoms with van der Waals surface area (Å²) in [5, 5.41) is 13.5. The summed E-state index contributed by atoms with van der Waals surface area (Å²) < 4.78 is 13.8. The van der Waals surface area contributed by atoms with Gasteiger partial charge in [0.2, 0.25) is 0 Å². The molecule has 1 fully saturated rings. The number of aliphatic hydroxyl groups excluding tert-OH is 1. The van der Waals surface area contributed by atoms with Crippen molar-refractivity contribution in [3.63, 3.8) is 0 Å². The number of aromatic nitrogens is 1. The van der Waals surface area contributed by atoms with E-state index in [2.05, 4.69) is 20.2 Å². The molecular formula is C17H22FN3OS. The number of benzene rings is 1. The minimum absolute atomic E-state index is 0.338. The Hall–Kier alpha value is -1.50. The molecule has 3 rings (SSSR count). The maximum absolute atomic E-state index is 13.8. The highest BCUT2D eigenvalue weighted by Gasteiger charge is 2.21. The molecule has 6 heteroatoms. The van der Waals surface area contributed by atoms with Crippen LogP contribution in [0.1, 0.15) is 23.8 Å². The molecule has 0 bridgehead atoms. The molecule has 1 aromatic heterocycles. The van der Waals surface area contributed by atoms with Crippen molar-refractivity contribution in [1.29, 1.82) is 0 Å². The predicted octanol–water partition coefficient (Wildman–Crippen LogP) is 2.84. The Morgan fingerprint density at radius 3 is 2.83 bits per heavy atom. The van der Waals surface area contributed by atoms with Gasteiger partial charge in [-0.15, -0.1) is 11.3 Å². The lowest BCUT2D eigenvalue weighted by molar-refractivity contribution is 0.114. The number of anilines is 1. The molecular weight excluding hydrogens is 313 g/mol. The zero-order valence-electron chi connectivity index (χ0n) is 13.3. The largest absolute Gasteiger partial charge is 0.387 e. The summed E-state index contributed by atoms with van der Waals surface area (Å²) >= 11 is 1.68. The summed E-state index contributed by atoms with van der Waals surface area (Å²) in [7, 11) is 0. The van der Waals surface area contributed by atoms with Crippen LogP contribution in [0.15, 0.2) is 29.6 Å². The van der Waals surface area contributed by atoms with Crippen molar-refractivity contribution in [3.8, 4) is 0 Å². The van der Waals surface area contributed by atoms with Crippen LogP contribution in [0.5, 0.6) is 0 Å². The number of thiazole rings is 1. The van der Waals surface area contributed by atoms with Crippen molar-refractivity contribution in [1.82, 2.24) is 9.88 Å². The van der Waals surface area contributed by atoms with E-state index in [-0.39, 0.29) is 5.82 Å². The van der Waals surface area contributed by atoms with Crippen molar-refractivity contribution in [2.75, 3.05) is 37.6 Å². The standard InChI is InChI=1S/C17H22FN3OS/c1-13-12-23-17(19-13)21-8-4-7-20(9-10-21)11-16(22)14-5-2-3-6-15(14)18/h2-3,5-6,12,16,22H,4,7-11H2,1H3/t16-/m0/s1.